The summed E-state index contributed by atoms with van der Waals surface area (Å²) in [5.74, 6) is 0.580. The van der Waals surface area contributed by atoms with Crippen LogP contribution in [0.1, 0.15) is 6.42 Å². The first kappa shape index (κ1) is 14.5. The second kappa shape index (κ2) is 6.49. The highest BCUT2D eigenvalue weighted by Gasteiger charge is 2.11. The topological polar surface area (TPSA) is 85.9 Å². The molecule has 0 unspecified atom stereocenters. The van der Waals surface area contributed by atoms with E-state index in [0.717, 1.165) is 12.7 Å². The van der Waals surface area contributed by atoms with Gasteiger partial charge in [-0.15, -0.1) is 0 Å². The van der Waals surface area contributed by atoms with Gasteiger partial charge in [0, 0.05) is 30.4 Å². The Morgan fingerprint density at radius 3 is 2.65 bits per heavy atom. The molecule has 0 saturated carbocycles. The first-order chi connectivity index (χ1) is 9.61. The largest absolute Gasteiger partial charge is 0.273 e. The van der Waals surface area contributed by atoms with E-state index in [1.165, 1.54) is 0 Å². The molecule has 2 aromatic rings. The number of hydrogen-bond acceptors (Lipinski definition) is 6. The van der Waals surface area contributed by atoms with Crippen LogP contribution in [0.15, 0.2) is 36.9 Å². The molecule has 0 saturated heterocycles. The third-order valence-electron chi connectivity index (χ3n) is 2.63. The van der Waals surface area contributed by atoms with E-state index in [1.54, 1.807) is 35.5 Å². The van der Waals surface area contributed by atoms with Crippen LogP contribution >= 0.6 is 0 Å². The highest BCUT2D eigenvalue weighted by atomic mass is 32.2. The fourth-order valence-electron chi connectivity index (χ4n) is 1.58. The van der Waals surface area contributed by atoms with Crippen LogP contribution in [0.3, 0.4) is 0 Å². The fraction of sp³-hybridized carbons (Fsp3) is 0.333. The Kier molecular flexibility index (Phi) is 4.70. The normalized spacial score (nSPS) is 11.4. The summed E-state index contributed by atoms with van der Waals surface area (Å²) < 4.78 is 28.4. The lowest BCUT2D eigenvalue weighted by Gasteiger charge is -1.99. The van der Waals surface area contributed by atoms with Crippen molar-refractivity contribution in [3.8, 4) is 11.4 Å². The number of hydrogen-bond donors (Lipinski definition) is 0. The molecule has 0 aliphatic heterocycles. The molecule has 0 aromatic carbocycles. The molecule has 0 atom stereocenters. The van der Waals surface area contributed by atoms with Gasteiger partial charge in [0.2, 0.25) is 0 Å². The molecule has 7 nitrogen and oxygen atoms in total. The maximum Gasteiger partial charge on any atom is 0.267 e. The van der Waals surface area contributed by atoms with Crippen molar-refractivity contribution >= 4 is 10.1 Å². The van der Waals surface area contributed by atoms with Gasteiger partial charge < -0.3 is 0 Å². The zero-order valence-electron chi connectivity index (χ0n) is 11.0. The Labute approximate surface area is 117 Å². The highest BCUT2D eigenvalue weighted by molar-refractivity contribution is 7.86. The molecular weight excluding hydrogens is 280 g/mol. The predicted octanol–water partition coefficient (Wildman–Crippen LogP) is 0.192. The van der Waals surface area contributed by atoms with Gasteiger partial charge in [-0.2, -0.15) is 8.42 Å². The summed E-state index contributed by atoms with van der Waals surface area (Å²) in [5.41, 5.74) is 0.811. The Morgan fingerprint density at radius 2 is 2.05 bits per heavy atom. The van der Waals surface area contributed by atoms with Crippen LogP contribution in [-0.4, -0.2) is 36.3 Å². The van der Waals surface area contributed by atoms with E-state index in [1.807, 2.05) is 6.07 Å². The Morgan fingerprint density at radius 1 is 1.30 bits per heavy atom. The van der Waals surface area contributed by atoms with Gasteiger partial charge in [-0.3, -0.25) is 4.18 Å². The molecule has 0 aliphatic rings. The highest BCUT2D eigenvalue weighted by Crippen LogP contribution is 2.09. The van der Waals surface area contributed by atoms with Crippen LogP contribution < -0.4 is 4.68 Å². The van der Waals surface area contributed by atoms with Crippen molar-refractivity contribution in [2.45, 2.75) is 13.0 Å². The zero-order valence-corrected chi connectivity index (χ0v) is 11.8. The van der Waals surface area contributed by atoms with Crippen LogP contribution in [0, 0.1) is 0 Å². The van der Waals surface area contributed by atoms with Crippen LogP contribution in [0.25, 0.3) is 11.4 Å². The SMILES string of the molecule is COS(=O)(=O)CCC[n+]1ccc(-c2ncccn2)cn1. The molecule has 2 rings (SSSR count). The van der Waals surface area contributed by atoms with Gasteiger partial charge in [-0.25, -0.2) is 9.97 Å². The molecule has 2 heterocycles. The molecule has 0 N–H and O–H groups in total. The van der Waals surface area contributed by atoms with Crippen molar-refractivity contribution in [1.82, 2.24) is 15.1 Å². The Hall–Kier alpha value is -1.93. The van der Waals surface area contributed by atoms with Crippen molar-refractivity contribution < 1.29 is 17.3 Å². The number of aromatic nitrogens is 4. The lowest BCUT2D eigenvalue weighted by molar-refractivity contribution is -0.753. The second-order valence-corrected chi connectivity index (χ2v) is 5.89. The van der Waals surface area contributed by atoms with Crippen molar-refractivity contribution in [2.75, 3.05) is 12.9 Å². The molecule has 8 heteroatoms. The minimum atomic E-state index is -3.40. The minimum Gasteiger partial charge on any atom is -0.273 e. The molecular formula is C12H15N4O3S+. The molecule has 2 aromatic heterocycles. The number of nitrogens with zero attached hydrogens (tertiary/aromatic N) is 4. The third-order valence-corrected chi connectivity index (χ3v) is 3.93. The van der Waals surface area contributed by atoms with E-state index in [4.69, 9.17) is 0 Å². The molecule has 0 fully saturated rings. The van der Waals surface area contributed by atoms with E-state index < -0.39 is 10.1 Å². The average Bonchev–Trinajstić information content (AvgIpc) is 2.49. The minimum absolute atomic E-state index is 0.0261. The summed E-state index contributed by atoms with van der Waals surface area (Å²) in [7, 11) is -2.24. The average molecular weight is 295 g/mol. The molecule has 20 heavy (non-hydrogen) atoms. The van der Waals surface area contributed by atoms with Crippen molar-refractivity contribution in [1.29, 1.82) is 0 Å². The van der Waals surface area contributed by atoms with E-state index in [2.05, 4.69) is 19.2 Å². The fourth-order valence-corrected chi connectivity index (χ4v) is 2.23. The lowest BCUT2D eigenvalue weighted by Crippen LogP contribution is -2.38. The second-order valence-electron chi connectivity index (χ2n) is 4.03. The van der Waals surface area contributed by atoms with Crippen molar-refractivity contribution in [3.63, 3.8) is 0 Å². The maximum absolute atomic E-state index is 11.2. The van der Waals surface area contributed by atoms with Gasteiger partial charge in [0.15, 0.2) is 18.6 Å². The van der Waals surface area contributed by atoms with Crippen LogP contribution in [0.5, 0.6) is 0 Å². The van der Waals surface area contributed by atoms with Gasteiger partial charge in [0.25, 0.3) is 10.1 Å². The maximum atomic E-state index is 11.2. The predicted molar refractivity (Wildman–Crippen MR) is 70.9 cm³/mol. The summed E-state index contributed by atoms with van der Waals surface area (Å²) >= 11 is 0. The third kappa shape index (κ3) is 4.04. The lowest BCUT2D eigenvalue weighted by atomic mass is 10.3. The molecule has 0 radical (unpaired) electrons. The summed E-state index contributed by atoms with van der Waals surface area (Å²) in [6, 6.07) is 3.59. The first-order valence-corrected chi connectivity index (χ1v) is 7.60. The number of rotatable bonds is 6. The quantitative estimate of drug-likeness (QED) is 0.558. The van der Waals surface area contributed by atoms with Crippen LogP contribution in [-0.2, 0) is 20.8 Å². The first-order valence-electron chi connectivity index (χ1n) is 6.02. The van der Waals surface area contributed by atoms with E-state index in [9.17, 15) is 8.42 Å². The van der Waals surface area contributed by atoms with Gasteiger partial charge in [-0.05, 0) is 11.2 Å². The summed E-state index contributed by atoms with van der Waals surface area (Å²) in [6.07, 6.45) is 7.19. The van der Waals surface area contributed by atoms with Crippen molar-refractivity contribution in [2.24, 2.45) is 0 Å². The van der Waals surface area contributed by atoms with Crippen LogP contribution in [0.4, 0.5) is 0 Å². The standard InChI is InChI=1S/C12H15N4O3S/c1-19-20(17,18)9-3-7-16-8-4-11(10-15-16)12-13-5-2-6-14-12/h2,4-6,8,10H,3,7,9H2,1H3/q+1. The number of aryl methyl sites for hydroxylation is 1. The van der Waals surface area contributed by atoms with Gasteiger partial charge in [-0.1, -0.05) is 4.68 Å². The van der Waals surface area contributed by atoms with Gasteiger partial charge >= 0.3 is 0 Å². The van der Waals surface area contributed by atoms with E-state index >= 15 is 0 Å². The van der Waals surface area contributed by atoms with Gasteiger partial charge in [0.05, 0.1) is 12.9 Å². The molecule has 0 aliphatic carbocycles. The summed E-state index contributed by atoms with van der Waals surface area (Å²) in [6.45, 7) is 0.499. The smallest absolute Gasteiger partial charge is 0.267 e. The van der Waals surface area contributed by atoms with E-state index in [-0.39, 0.29) is 5.75 Å². The molecule has 0 amide bonds. The summed E-state index contributed by atoms with van der Waals surface area (Å²) in [4.78, 5) is 8.26. The molecule has 0 spiro atoms. The zero-order chi connectivity index (χ0) is 14.4. The van der Waals surface area contributed by atoms with E-state index in [0.29, 0.717) is 18.8 Å². The summed E-state index contributed by atoms with van der Waals surface area (Å²) in [5, 5.41) is 4.20. The monoisotopic (exact) mass is 295 g/mol. The Bertz CT molecular complexity index is 644. The Balaban J connectivity index is 1.96. The van der Waals surface area contributed by atoms with Crippen LogP contribution in [0.2, 0.25) is 0 Å². The van der Waals surface area contributed by atoms with Gasteiger partial charge in [0.1, 0.15) is 6.20 Å². The molecule has 106 valence electrons. The van der Waals surface area contributed by atoms with Crippen molar-refractivity contribution in [3.05, 3.63) is 36.9 Å². The molecule has 0 bridgehead atoms.